The summed E-state index contributed by atoms with van der Waals surface area (Å²) in [7, 11) is 0. The van der Waals surface area contributed by atoms with Crippen LogP contribution >= 0.6 is 11.3 Å². The van der Waals surface area contributed by atoms with Crippen molar-refractivity contribution in [3.63, 3.8) is 0 Å². The number of hydrogen-bond acceptors (Lipinski definition) is 3. The quantitative estimate of drug-likeness (QED) is 0.734. The molecule has 16 heavy (non-hydrogen) atoms. The van der Waals surface area contributed by atoms with Crippen LogP contribution in [-0.2, 0) is 0 Å². The van der Waals surface area contributed by atoms with Gasteiger partial charge in [0.25, 0.3) is 0 Å². The summed E-state index contributed by atoms with van der Waals surface area (Å²) in [5.41, 5.74) is 2.68. The van der Waals surface area contributed by atoms with Crippen molar-refractivity contribution in [1.82, 2.24) is 4.98 Å². The van der Waals surface area contributed by atoms with Crippen LogP contribution in [-0.4, -0.2) is 10.8 Å². The summed E-state index contributed by atoms with van der Waals surface area (Å²) >= 11 is 1.49. The van der Waals surface area contributed by atoms with Crippen molar-refractivity contribution in [3.05, 3.63) is 16.1 Å². The first-order valence-electron chi connectivity index (χ1n) is 6.04. The van der Waals surface area contributed by atoms with Gasteiger partial charge >= 0.3 is 0 Å². The third-order valence-electron chi connectivity index (χ3n) is 3.94. The minimum absolute atomic E-state index is 0.241. The molecular formula is C13H19NOS. The Labute approximate surface area is 101 Å². The first-order chi connectivity index (χ1) is 7.59. The maximum absolute atomic E-state index is 12.3. The number of carbonyl (C=O) groups is 1. The average Bonchev–Trinajstić information content (AvgIpc) is 2.67. The Morgan fingerprint density at radius 3 is 2.69 bits per heavy atom. The molecule has 0 saturated heterocycles. The number of thiazole rings is 1. The number of nitrogens with zero attached hydrogens (tertiary/aromatic N) is 1. The number of aromatic nitrogens is 1. The van der Waals surface area contributed by atoms with E-state index in [0.717, 1.165) is 29.3 Å². The van der Waals surface area contributed by atoms with Crippen LogP contribution in [0.25, 0.3) is 0 Å². The summed E-state index contributed by atoms with van der Waals surface area (Å²) in [6, 6.07) is 0. The van der Waals surface area contributed by atoms with E-state index in [2.05, 4.69) is 18.8 Å². The van der Waals surface area contributed by atoms with E-state index in [-0.39, 0.29) is 5.92 Å². The van der Waals surface area contributed by atoms with Crippen LogP contribution in [0.4, 0.5) is 0 Å². The van der Waals surface area contributed by atoms with Crippen molar-refractivity contribution < 1.29 is 4.79 Å². The molecule has 1 aliphatic rings. The standard InChI is InChI=1S/C13H19NOS/c1-8-4-5-11(6-9(8)2)12(15)13-10(3)14-7-16-13/h7-9,11H,4-6H2,1-3H3. The molecule has 1 aromatic rings. The molecule has 3 atom stereocenters. The first-order valence-corrected chi connectivity index (χ1v) is 6.92. The van der Waals surface area contributed by atoms with Crippen molar-refractivity contribution in [3.8, 4) is 0 Å². The smallest absolute Gasteiger partial charge is 0.177 e. The molecule has 0 aliphatic heterocycles. The Hall–Kier alpha value is -0.700. The van der Waals surface area contributed by atoms with Crippen LogP contribution in [0, 0.1) is 24.7 Å². The molecular weight excluding hydrogens is 218 g/mol. The second-order valence-corrected chi connectivity index (χ2v) is 5.95. The van der Waals surface area contributed by atoms with E-state index >= 15 is 0 Å². The lowest BCUT2D eigenvalue weighted by Crippen LogP contribution is -2.26. The predicted octanol–water partition coefficient (Wildman–Crippen LogP) is 3.71. The number of carbonyl (C=O) groups excluding carboxylic acids is 1. The molecule has 3 heteroatoms. The lowest BCUT2D eigenvalue weighted by Gasteiger charge is -2.30. The van der Waals surface area contributed by atoms with Gasteiger partial charge in [-0.05, 0) is 38.0 Å². The molecule has 0 N–H and O–H groups in total. The van der Waals surface area contributed by atoms with Gasteiger partial charge in [0.1, 0.15) is 0 Å². The highest BCUT2D eigenvalue weighted by Crippen LogP contribution is 2.35. The predicted molar refractivity (Wildman–Crippen MR) is 66.9 cm³/mol. The number of ketones is 1. The molecule has 1 heterocycles. The van der Waals surface area contributed by atoms with Crippen LogP contribution in [0.15, 0.2) is 5.51 Å². The zero-order valence-electron chi connectivity index (χ0n) is 10.2. The Bertz CT molecular complexity index is 385. The van der Waals surface area contributed by atoms with Gasteiger partial charge < -0.3 is 0 Å². The molecule has 0 spiro atoms. The Balaban J connectivity index is 2.09. The fraction of sp³-hybridized carbons (Fsp3) is 0.692. The highest BCUT2D eigenvalue weighted by Gasteiger charge is 2.30. The van der Waals surface area contributed by atoms with Gasteiger partial charge in [0.2, 0.25) is 0 Å². The Morgan fingerprint density at radius 1 is 1.38 bits per heavy atom. The number of hydrogen-bond donors (Lipinski definition) is 0. The lowest BCUT2D eigenvalue weighted by molar-refractivity contribution is 0.0841. The van der Waals surface area contributed by atoms with E-state index in [1.165, 1.54) is 17.8 Å². The molecule has 2 rings (SSSR count). The van der Waals surface area contributed by atoms with Crippen LogP contribution in [0.1, 0.15) is 48.5 Å². The summed E-state index contributed by atoms with van der Waals surface area (Å²) in [6.07, 6.45) is 3.30. The summed E-state index contributed by atoms with van der Waals surface area (Å²) in [5.74, 6) is 2.02. The van der Waals surface area contributed by atoms with Gasteiger partial charge in [-0.15, -0.1) is 11.3 Å². The average molecular weight is 237 g/mol. The topological polar surface area (TPSA) is 30.0 Å². The summed E-state index contributed by atoms with van der Waals surface area (Å²) < 4.78 is 0. The Morgan fingerprint density at radius 2 is 2.12 bits per heavy atom. The second kappa shape index (κ2) is 4.66. The lowest BCUT2D eigenvalue weighted by atomic mass is 9.74. The molecule has 1 saturated carbocycles. The fourth-order valence-corrected chi connectivity index (χ4v) is 3.33. The number of aryl methyl sites for hydroxylation is 1. The van der Waals surface area contributed by atoms with E-state index < -0.39 is 0 Å². The molecule has 2 nitrogen and oxygen atoms in total. The highest BCUT2D eigenvalue weighted by molar-refractivity contribution is 7.11. The molecule has 3 unspecified atom stereocenters. The van der Waals surface area contributed by atoms with Gasteiger partial charge in [-0.1, -0.05) is 13.8 Å². The molecule has 1 fully saturated rings. The van der Waals surface area contributed by atoms with Crippen LogP contribution < -0.4 is 0 Å². The van der Waals surface area contributed by atoms with Gasteiger partial charge in [0.05, 0.1) is 16.1 Å². The van der Waals surface area contributed by atoms with Crippen LogP contribution in [0.3, 0.4) is 0 Å². The molecule has 1 aromatic heterocycles. The minimum atomic E-state index is 0.241. The normalized spacial score (nSPS) is 30.3. The molecule has 0 radical (unpaired) electrons. The maximum Gasteiger partial charge on any atom is 0.177 e. The van der Waals surface area contributed by atoms with Gasteiger partial charge in [-0.25, -0.2) is 4.98 Å². The van der Waals surface area contributed by atoms with Gasteiger partial charge in [0, 0.05) is 5.92 Å². The molecule has 0 bridgehead atoms. The van der Waals surface area contributed by atoms with E-state index in [0.29, 0.717) is 11.7 Å². The number of Topliss-reactive ketones (excluding diaryl/α,β-unsaturated/α-hetero) is 1. The monoisotopic (exact) mass is 237 g/mol. The minimum Gasteiger partial charge on any atom is -0.293 e. The molecule has 0 amide bonds. The van der Waals surface area contributed by atoms with E-state index in [9.17, 15) is 4.79 Å². The summed E-state index contributed by atoms with van der Waals surface area (Å²) in [5, 5.41) is 0. The van der Waals surface area contributed by atoms with Crippen molar-refractivity contribution in [1.29, 1.82) is 0 Å². The second-order valence-electron chi connectivity index (χ2n) is 5.10. The van der Waals surface area contributed by atoms with E-state index in [1.54, 1.807) is 5.51 Å². The van der Waals surface area contributed by atoms with Crippen molar-refractivity contribution >= 4 is 17.1 Å². The molecule has 1 aliphatic carbocycles. The fourth-order valence-electron chi connectivity index (χ4n) is 2.51. The zero-order chi connectivity index (χ0) is 11.7. The highest BCUT2D eigenvalue weighted by atomic mass is 32.1. The van der Waals surface area contributed by atoms with E-state index in [1.807, 2.05) is 6.92 Å². The van der Waals surface area contributed by atoms with Crippen molar-refractivity contribution in [2.75, 3.05) is 0 Å². The third kappa shape index (κ3) is 2.19. The van der Waals surface area contributed by atoms with Crippen molar-refractivity contribution in [2.45, 2.75) is 40.0 Å². The van der Waals surface area contributed by atoms with Crippen LogP contribution in [0.5, 0.6) is 0 Å². The first kappa shape index (κ1) is 11.8. The van der Waals surface area contributed by atoms with E-state index in [4.69, 9.17) is 0 Å². The Kier molecular flexibility index (Phi) is 3.43. The summed E-state index contributed by atoms with van der Waals surface area (Å²) in [4.78, 5) is 17.3. The van der Waals surface area contributed by atoms with Gasteiger partial charge in [-0.3, -0.25) is 4.79 Å². The SMILES string of the molecule is Cc1ncsc1C(=O)C1CCC(C)C(C)C1. The maximum atomic E-state index is 12.3. The number of rotatable bonds is 2. The summed E-state index contributed by atoms with van der Waals surface area (Å²) in [6.45, 7) is 6.49. The van der Waals surface area contributed by atoms with Crippen LogP contribution in [0.2, 0.25) is 0 Å². The third-order valence-corrected chi connectivity index (χ3v) is 4.88. The van der Waals surface area contributed by atoms with Gasteiger partial charge in [-0.2, -0.15) is 0 Å². The molecule has 88 valence electrons. The largest absolute Gasteiger partial charge is 0.293 e. The van der Waals surface area contributed by atoms with Crippen molar-refractivity contribution in [2.24, 2.45) is 17.8 Å². The van der Waals surface area contributed by atoms with Gasteiger partial charge in [0.15, 0.2) is 5.78 Å². The molecule has 0 aromatic carbocycles. The zero-order valence-corrected chi connectivity index (χ0v) is 11.0.